The van der Waals surface area contributed by atoms with Crippen LogP contribution in [0.5, 0.6) is 0 Å². The second-order valence-corrected chi connectivity index (χ2v) is 8.81. The summed E-state index contributed by atoms with van der Waals surface area (Å²) in [5, 5.41) is 0.728. The molecular formula is C15H19Cl2NO3S. The number of benzene rings is 1. The summed E-state index contributed by atoms with van der Waals surface area (Å²) in [6.45, 7) is 0.927. The molecule has 3 rings (SSSR count). The van der Waals surface area contributed by atoms with Gasteiger partial charge in [0, 0.05) is 28.6 Å². The summed E-state index contributed by atoms with van der Waals surface area (Å²) in [7, 11) is -3.31. The zero-order chi connectivity index (χ0) is 15.7. The fourth-order valence-corrected chi connectivity index (χ4v) is 5.32. The summed E-state index contributed by atoms with van der Waals surface area (Å²) < 4.78 is 33.4. The van der Waals surface area contributed by atoms with Gasteiger partial charge in [0.15, 0.2) is 0 Å². The van der Waals surface area contributed by atoms with Crippen LogP contribution in [0.25, 0.3) is 0 Å². The Morgan fingerprint density at radius 2 is 2.00 bits per heavy atom. The van der Waals surface area contributed by atoms with Gasteiger partial charge >= 0.3 is 0 Å². The van der Waals surface area contributed by atoms with E-state index < -0.39 is 15.3 Å². The molecule has 1 saturated carbocycles. The predicted octanol–water partition coefficient (Wildman–Crippen LogP) is 3.02. The summed E-state index contributed by atoms with van der Waals surface area (Å²) in [4.78, 5) is 0. The van der Waals surface area contributed by atoms with Gasteiger partial charge in [-0.05, 0) is 43.4 Å². The molecule has 1 heterocycles. The normalized spacial score (nSPS) is 26.1. The maximum atomic E-state index is 12.6. The first-order valence-corrected chi connectivity index (χ1v) is 9.79. The van der Waals surface area contributed by atoms with E-state index in [1.165, 1.54) is 0 Å². The van der Waals surface area contributed by atoms with Crippen LogP contribution in [0.1, 0.15) is 24.8 Å². The van der Waals surface area contributed by atoms with Crippen LogP contribution in [0.15, 0.2) is 18.2 Å². The highest BCUT2D eigenvalue weighted by atomic mass is 35.5. The van der Waals surface area contributed by atoms with E-state index in [4.69, 9.17) is 27.9 Å². The minimum absolute atomic E-state index is 0.0938. The lowest BCUT2D eigenvalue weighted by Gasteiger charge is -2.31. The maximum absolute atomic E-state index is 12.6. The molecular weight excluding hydrogens is 345 g/mol. The molecule has 122 valence electrons. The monoisotopic (exact) mass is 363 g/mol. The average Bonchev–Trinajstić information content (AvgIpc) is 3.26. The summed E-state index contributed by atoms with van der Waals surface area (Å²) in [5.41, 5.74) is 0.910. The number of rotatable bonds is 5. The van der Waals surface area contributed by atoms with Crippen LogP contribution in [-0.4, -0.2) is 32.9 Å². The van der Waals surface area contributed by atoms with Crippen molar-refractivity contribution in [1.82, 2.24) is 4.72 Å². The minimum atomic E-state index is -3.31. The predicted molar refractivity (Wildman–Crippen MR) is 88.0 cm³/mol. The van der Waals surface area contributed by atoms with Crippen LogP contribution >= 0.6 is 23.2 Å². The highest BCUT2D eigenvalue weighted by molar-refractivity contribution is 7.90. The van der Waals surface area contributed by atoms with Gasteiger partial charge in [0.1, 0.15) is 0 Å². The van der Waals surface area contributed by atoms with Crippen molar-refractivity contribution in [1.29, 1.82) is 0 Å². The molecule has 0 aromatic heterocycles. The first-order valence-electron chi connectivity index (χ1n) is 7.48. The van der Waals surface area contributed by atoms with Crippen LogP contribution in [0.2, 0.25) is 10.0 Å². The van der Waals surface area contributed by atoms with Gasteiger partial charge in [-0.15, -0.1) is 0 Å². The van der Waals surface area contributed by atoms with E-state index in [1.54, 1.807) is 12.1 Å². The Kier molecular flexibility index (Phi) is 5.00. The number of halogens is 2. The standard InChI is InChI=1S/C15H19Cl2NO3S/c16-12-2-1-10(14(17)8-12)7-11-9-21-6-5-15(11)22(19,20)18-13-3-4-13/h1-2,8,11,13,15,18H,3-7,9H2/t11-,15-/m1/s1. The molecule has 1 aliphatic carbocycles. The molecule has 0 spiro atoms. The summed E-state index contributed by atoms with van der Waals surface area (Å²) in [5.74, 6) is -0.0938. The van der Waals surface area contributed by atoms with Gasteiger partial charge in [-0.2, -0.15) is 0 Å². The molecule has 2 fully saturated rings. The lowest BCUT2D eigenvalue weighted by molar-refractivity contribution is 0.0570. The van der Waals surface area contributed by atoms with Crippen molar-refractivity contribution < 1.29 is 13.2 Å². The zero-order valence-corrected chi connectivity index (χ0v) is 14.4. The number of nitrogens with one attached hydrogen (secondary N) is 1. The molecule has 1 aromatic carbocycles. The first-order chi connectivity index (χ1) is 10.5. The van der Waals surface area contributed by atoms with Crippen LogP contribution in [0.4, 0.5) is 0 Å². The quantitative estimate of drug-likeness (QED) is 0.874. The second kappa shape index (κ2) is 6.65. The molecule has 2 atom stereocenters. The molecule has 0 bridgehead atoms. The van der Waals surface area contributed by atoms with Crippen molar-refractivity contribution in [3.63, 3.8) is 0 Å². The smallest absolute Gasteiger partial charge is 0.215 e. The molecule has 1 aromatic rings. The molecule has 1 saturated heterocycles. The van der Waals surface area contributed by atoms with Crippen molar-refractivity contribution in [3.05, 3.63) is 33.8 Å². The van der Waals surface area contributed by atoms with Crippen molar-refractivity contribution >= 4 is 33.2 Å². The molecule has 2 aliphatic rings. The summed E-state index contributed by atoms with van der Waals surface area (Å²) >= 11 is 12.1. The van der Waals surface area contributed by atoms with E-state index in [0.29, 0.717) is 36.1 Å². The number of hydrogen-bond donors (Lipinski definition) is 1. The van der Waals surface area contributed by atoms with E-state index in [0.717, 1.165) is 18.4 Å². The molecule has 22 heavy (non-hydrogen) atoms. The highest BCUT2D eigenvalue weighted by Gasteiger charge is 2.39. The van der Waals surface area contributed by atoms with Gasteiger partial charge in [0.05, 0.1) is 11.9 Å². The lowest BCUT2D eigenvalue weighted by Crippen LogP contribution is -2.45. The van der Waals surface area contributed by atoms with Gasteiger partial charge in [0.2, 0.25) is 10.0 Å². The minimum Gasteiger partial charge on any atom is -0.381 e. The van der Waals surface area contributed by atoms with E-state index >= 15 is 0 Å². The Morgan fingerprint density at radius 3 is 2.68 bits per heavy atom. The van der Waals surface area contributed by atoms with E-state index in [-0.39, 0.29) is 12.0 Å². The van der Waals surface area contributed by atoms with Gasteiger partial charge < -0.3 is 4.74 Å². The first kappa shape index (κ1) is 16.5. The zero-order valence-electron chi connectivity index (χ0n) is 12.1. The van der Waals surface area contributed by atoms with E-state index in [1.807, 2.05) is 6.07 Å². The van der Waals surface area contributed by atoms with Crippen LogP contribution in [0, 0.1) is 5.92 Å². The van der Waals surface area contributed by atoms with Gasteiger partial charge in [0.25, 0.3) is 0 Å². The third-order valence-corrected chi connectivity index (χ3v) is 6.88. The van der Waals surface area contributed by atoms with E-state index in [2.05, 4.69) is 4.72 Å². The topological polar surface area (TPSA) is 55.4 Å². The third kappa shape index (κ3) is 3.95. The van der Waals surface area contributed by atoms with Gasteiger partial charge in [-0.1, -0.05) is 29.3 Å². The molecule has 4 nitrogen and oxygen atoms in total. The molecule has 1 N–H and O–H groups in total. The third-order valence-electron chi connectivity index (χ3n) is 4.21. The van der Waals surface area contributed by atoms with Crippen molar-refractivity contribution in [2.75, 3.05) is 13.2 Å². The van der Waals surface area contributed by atoms with Crippen LogP contribution in [0.3, 0.4) is 0 Å². The number of ether oxygens (including phenoxy) is 1. The lowest BCUT2D eigenvalue weighted by atomic mass is 9.93. The van der Waals surface area contributed by atoms with Crippen LogP contribution < -0.4 is 4.72 Å². The fourth-order valence-electron chi connectivity index (χ4n) is 2.87. The maximum Gasteiger partial charge on any atom is 0.215 e. The molecule has 0 radical (unpaired) electrons. The Balaban J connectivity index is 1.77. The van der Waals surface area contributed by atoms with Gasteiger partial charge in [-0.25, -0.2) is 13.1 Å². The summed E-state index contributed by atoms with van der Waals surface area (Å²) in [6.07, 6.45) is 2.98. The molecule has 7 heteroatoms. The molecule has 1 aliphatic heterocycles. The van der Waals surface area contributed by atoms with Crippen LogP contribution in [-0.2, 0) is 21.2 Å². The SMILES string of the molecule is O=S(=O)(NC1CC1)[C@@H]1CCOC[C@H]1Cc1ccc(Cl)cc1Cl. The Hall–Kier alpha value is -0.330. The second-order valence-electron chi connectivity index (χ2n) is 6.04. The Labute approximate surface area is 141 Å². The Bertz CT molecular complexity index is 646. The molecule has 0 unspecified atom stereocenters. The van der Waals surface area contributed by atoms with Crippen molar-refractivity contribution in [3.8, 4) is 0 Å². The Morgan fingerprint density at radius 1 is 1.23 bits per heavy atom. The van der Waals surface area contributed by atoms with Crippen molar-refractivity contribution in [2.24, 2.45) is 5.92 Å². The number of hydrogen-bond acceptors (Lipinski definition) is 3. The fraction of sp³-hybridized carbons (Fsp3) is 0.600. The average molecular weight is 364 g/mol. The number of sulfonamides is 1. The van der Waals surface area contributed by atoms with E-state index in [9.17, 15) is 8.42 Å². The van der Waals surface area contributed by atoms with Gasteiger partial charge in [-0.3, -0.25) is 0 Å². The summed E-state index contributed by atoms with van der Waals surface area (Å²) in [6, 6.07) is 5.46. The highest BCUT2D eigenvalue weighted by Crippen LogP contribution is 2.30. The molecule has 0 amide bonds. The van der Waals surface area contributed by atoms with Crippen molar-refractivity contribution in [2.45, 2.75) is 37.0 Å². The largest absolute Gasteiger partial charge is 0.381 e.